The molecule has 150 valence electrons. The van der Waals surface area contributed by atoms with E-state index in [1.807, 2.05) is 24.3 Å². The normalized spacial score (nSPS) is 9.72. The Hall–Kier alpha value is -2.74. The molecule has 0 aromatic heterocycles. The summed E-state index contributed by atoms with van der Waals surface area (Å²) in [6.07, 6.45) is 1.99. The Labute approximate surface area is 184 Å². The minimum atomic E-state index is 0. The molecule has 0 saturated heterocycles. The fourth-order valence-corrected chi connectivity index (χ4v) is 3.02. The minimum absolute atomic E-state index is 0. The molecule has 4 aromatic rings. The molecule has 0 unspecified atom stereocenters. The molecule has 0 bridgehead atoms. The van der Waals surface area contributed by atoms with E-state index in [0.717, 1.165) is 24.3 Å². The Morgan fingerprint density at radius 2 is 0.862 bits per heavy atom. The van der Waals surface area contributed by atoms with Gasteiger partial charge < -0.3 is 9.47 Å². The number of hydrogen-bond donors (Lipinski definition) is 0. The van der Waals surface area contributed by atoms with Gasteiger partial charge in [0.25, 0.3) is 0 Å². The molecular weight excluding hydrogens is 400 g/mol. The third kappa shape index (κ3) is 7.30. The second kappa shape index (κ2) is 12.0. The van der Waals surface area contributed by atoms with Crippen molar-refractivity contribution in [3.63, 3.8) is 0 Å². The quantitative estimate of drug-likeness (QED) is 0.278. The second-order valence-corrected chi connectivity index (χ2v) is 6.64. The molecule has 0 spiro atoms. The smallest absolute Gasteiger partial charge is 0.497 e. The molecule has 0 radical (unpaired) electrons. The van der Waals surface area contributed by atoms with Gasteiger partial charge in [0.1, 0.15) is 11.5 Å². The van der Waals surface area contributed by atoms with Crippen molar-refractivity contribution >= 4 is 0 Å². The first-order valence-electron chi connectivity index (χ1n) is 9.44. The molecule has 2 nitrogen and oxygen atoms in total. The Bertz CT molecular complexity index is 826. The van der Waals surface area contributed by atoms with Gasteiger partial charge in [-0.05, 0) is 37.1 Å². The maximum Gasteiger partial charge on any atom is 2.00 e. The standard InChI is InChI=1S/2C13H13O.Fe/c2*1-14-13-8-6-12(7-9-13)10-11-4-2-3-5-11;/h2*2-9H,10H2,1H3;/q2*-1;+2. The molecule has 0 heterocycles. The van der Waals surface area contributed by atoms with Crippen molar-refractivity contribution in [3.05, 3.63) is 119 Å². The summed E-state index contributed by atoms with van der Waals surface area (Å²) in [6, 6.07) is 33.3. The van der Waals surface area contributed by atoms with Gasteiger partial charge in [-0.2, -0.15) is 35.4 Å². The molecule has 3 heteroatoms. The van der Waals surface area contributed by atoms with E-state index in [1.165, 1.54) is 22.3 Å². The van der Waals surface area contributed by atoms with Gasteiger partial charge in [-0.15, -0.1) is 0 Å². The molecule has 0 saturated carbocycles. The van der Waals surface area contributed by atoms with Crippen LogP contribution in [0.3, 0.4) is 0 Å². The van der Waals surface area contributed by atoms with Gasteiger partial charge in [-0.3, -0.25) is 0 Å². The van der Waals surface area contributed by atoms with E-state index in [0.29, 0.717) is 0 Å². The van der Waals surface area contributed by atoms with Gasteiger partial charge in [-0.1, -0.05) is 35.4 Å². The zero-order chi connectivity index (χ0) is 19.6. The maximum absolute atomic E-state index is 5.10. The Morgan fingerprint density at radius 3 is 1.14 bits per heavy atom. The van der Waals surface area contributed by atoms with E-state index in [-0.39, 0.29) is 17.1 Å². The van der Waals surface area contributed by atoms with E-state index in [1.54, 1.807) is 14.2 Å². The molecule has 4 aromatic carbocycles. The molecular formula is C26H26FeO2. The van der Waals surface area contributed by atoms with Crippen LogP contribution >= 0.6 is 0 Å². The Kier molecular flexibility index (Phi) is 9.30. The maximum atomic E-state index is 5.10. The van der Waals surface area contributed by atoms with Gasteiger partial charge in [-0.25, -0.2) is 24.3 Å². The number of hydrogen-bond acceptors (Lipinski definition) is 2. The first kappa shape index (κ1) is 22.5. The predicted molar refractivity (Wildman–Crippen MR) is 116 cm³/mol. The molecule has 0 amide bonds. The summed E-state index contributed by atoms with van der Waals surface area (Å²) >= 11 is 0. The van der Waals surface area contributed by atoms with E-state index < -0.39 is 0 Å². The summed E-state index contributed by atoms with van der Waals surface area (Å²) in [6.45, 7) is 0. The van der Waals surface area contributed by atoms with Crippen LogP contribution in [0, 0.1) is 0 Å². The van der Waals surface area contributed by atoms with Crippen molar-refractivity contribution in [2.75, 3.05) is 14.2 Å². The molecule has 0 fully saturated rings. The van der Waals surface area contributed by atoms with Crippen LogP contribution in [-0.4, -0.2) is 14.2 Å². The van der Waals surface area contributed by atoms with Crippen molar-refractivity contribution in [1.29, 1.82) is 0 Å². The summed E-state index contributed by atoms with van der Waals surface area (Å²) in [4.78, 5) is 0. The van der Waals surface area contributed by atoms with E-state index >= 15 is 0 Å². The average molecular weight is 426 g/mol. The van der Waals surface area contributed by atoms with Crippen molar-refractivity contribution in [1.82, 2.24) is 0 Å². The van der Waals surface area contributed by atoms with Crippen LogP contribution in [0.25, 0.3) is 0 Å². The van der Waals surface area contributed by atoms with Crippen LogP contribution in [0.1, 0.15) is 22.3 Å². The SMILES string of the molecule is COc1ccc(C[c-]2cccc2)cc1.COc1ccc(C[c-]2cccc2)cc1.[Fe+2]. The Balaban J connectivity index is 0.000000200. The molecule has 0 aliphatic carbocycles. The van der Waals surface area contributed by atoms with E-state index in [2.05, 4.69) is 72.8 Å². The van der Waals surface area contributed by atoms with Crippen LogP contribution in [0.15, 0.2) is 97.1 Å². The first-order valence-corrected chi connectivity index (χ1v) is 9.44. The number of ether oxygens (including phenoxy) is 2. The van der Waals surface area contributed by atoms with Crippen LogP contribution in [0.5, 0.6) is 11.5 Å². The van der Waals surface area contributed by atoms with Crippen LogP contribution in [0.2, 0.25) is 0 Å². The Morgan fingerprint density at radius 1 is 0.552 bits per heavy atom. The van der Waals surface area contributed by atoms with E-state index in [4.69, 9.17) is 9.47 Å². The topological polar surface area (TPSA) is 18.5 Å². The fraction of sp³-hybridized carbons (Fsp3) is 0.154. The number of benzene rings is 2. The first-order chi connectivity index (χ1) is 13.8. The largest absolute Gasteiger partial charge is 2.00 e. The molecule has 0 aliphatic rings. The van der Waals surface area contributed by atoms with Crippen molar-refractivity contribution < 1.29 is 26.5 Å². The van der Waals surface area contributed by atoms with Gasteiger partial charge in [0, 0.05) is 0 Å². The summed E-state index contributed by atoms with van der Waals surface area (Å²) in [5.74, 6) is 1.83. The zero-order valence-electron chi connectivity index (χ0n) is 16.8. The van der Waals surface area contributed by atoms with Crippen LogP contribution in [-0.2, 0) is 29.9 Å². The summed E-state index contributed by atoms with van der Waals surface area (Å²) in [5, 5.41) is 0. The van der Waals surface area contributed by atoms with Gasteiger partial charge in [0.2, 0.25) is 0 Å². The molecule has 0 atom stereocenters. The number of methoxy groups -OCH3 is 2. The summed E-state index contributed by atoms with van der Waals surface area (Å²) in [5.41, 5.74) is 5.35. The molecule has 0 aliphatic heterocycles. The monoisotopic (exact) mass is 426 g/mol. The number of rotatable bonds is 6. The van der Waals surface area contributed by atoms with Crippen LogP contribution in [0.4, 0.5) is 0 Å². The molecule has 0 N–H and O–H groups in total. The molecule has 29 heavy (non-hydrogen) atoms. The van der Waals surface area contributed by atoms with Gasteiger partial charge >= 0.3 is 17.1 Å². The summed E-state index contributed by atoms with van der Waals surface area (Å²) < 4.78 is 10.2. The van der Waals surface area contributed by atoms with Crippen molar-refractivity contribution in [2.24, 2.45) is 0 Å². The van der Waals surface area contributed by atoms with Crippen molar-refractivity contribution in [2.45, 2.75) is 12.8 Å². The van der Waals surface area contributed by atoms with Crippen LogP contribution < -0.4 is 9.47 Å². The summed E-state index contributed by atoms with van der Waals surface area (Å²) in [7, 11) is 3.37. The van der Waals surface area contributed by atoms with Gasteiger partial charge in [0.15, 0.2) is 0 Å². The van der Waals surface area contributed by atoms with Gasteiger partial charge in [0.05, 0.1) is 14.2 Å². The second-order valence-electron chi connectivity index (χ2n) is 6.64. The van der Waals surface area contributed by atoms with Crippen molar-refractivity contribution in [3.8, 4) is 11.5 Å². The van der Waals surface area contributed by atoms with E-state index in [9.17, 15) is 0 Å². The average Bonchev–Trinajstić information content (AvgIpc) is 3.44. The predicted octanol–water partition coefficient (Wildman–Crippen LogP) is 6.01. The molecule has 4 rings (SSSR count). The minimum Gasteiger partial charge on any atom is -0.497 e. The third-order valence-corrected chi connectivity index (χ3v) is 4.60. The zero-order valence-corrected chi connectivity index (χ0v) is 17.9. The fourth-order valence-electron chi connectivity index (χ4n) is 3.02. The third-order valence-electron chi connectivity index (χ3n) is 4.60.